The van der Waals surface area contributed by atoms with Gasteiger partial charge in [-0.1, -0.05) is 0 Å². The molecule has 2 aliphatic rings. The zero-order valence-corrected chi connectivity index (χ0v) is 15.0. The van der Waals surface area contributed by atoms with Crippen molar-refractivity contribution in [1.29, 1.82) is 0 Å². The zero-order chi connectivity index (χ0) is 18.5. The molecule has 0 spiro atoms. The number of nitrogens with zero attached hydrogens (tertiary/aromatic N) is 5. The van der Waals surface area contributed by atoms with Crippen LogP contribution in [0.2, 0.25) is 0 Å². The van der Waals surface area contributed by atoms with Gasteiger partial charge in [0.25, 0.3) is 0 Å². The number of piperidine rings is 1. The number of aromatic nitrogens is 4. The van der Waals surface area contributed by atoms with Crippen LogP contribution in [0.5, 0.6) is 5.75 Å². The monoisotopic (exact) mass is 368 g/mol. The molecule has 3 aromatic heterocycles. The van der Waals surface area contributed by atoms with E-state index in [0.29, 0.717) is 28.6 Å². The van der Waals surface area contributed by atoms with Crippen LogP contribution >= 0.6 is 0 Å². The molecule has 0 saturated carbocycles. The molecule has 4 atom stereocenters. The smallest absolute Gasteiger partial charge is 0.150 e. The van der Waals surface area contributed by atoms with E-state index in [0.717, 1.165) is 19.3 Å². The Labute approximate surface area is 155 Å². The fourth-order valence-electron chi connectivity index (χ4n) is 4.35. The number of pyridine rings is 1. The molecular formula is C19H21FN6O. The fourth-order valence-corrected chi connectivity index (χ4v) is 4.35. The molecule has 7 nitrogen and oxygen atoms in total. The minimum absolute atomic E-state index is 0.0530. The highest BCUT2D eigenvalue weighted by molar-refractivity contribution is 5.76. The Bertz CT molecular complexity index is 974. The predicted octanol–water partition coefficient (Wildman–Crippen LogP) is 2.16. The number of rotatable bonds is 3. The van der Waals surface area contributed by atoms with Gasteiger partial charge in [-0.2, -0.15) is 0 Å². The SMILES string of the molecule is CN(c1cnc(-c2ccn3cncc3c2O)cn1)[C@H]1CC2CCC(N2)[C@H]1F. The Balaban J connectivity index is 1.42. The maximum atomic E-state index is 14.8. The molecule has 2 aliphatic heterocycles. The minimum Gasteiger partial charge on any atom is -0.505 e. The zero-order valence-electron chi connectivity index (χ0n) is 15.0. The van der Waals surface area contributed by atoms with E-state index >= 15 is 0 Å². The Morgan fingerprint density at radius 1 is 1.26 bits per heavy atom. The summed E-state index contributed by atoms with van der Waals surface area (Å²) in [7, 11) is 1.88. The van der Waals surface area contributed by atoms with Crippen LogP contribution < -0.4 is 10.2 Å². The molecule has 0 aliphatic carbocycles. The average molecular weight is 368 g/mol. The molecule has 5 heterocycles. The Kier molecular flexibility index (Phi) is 3.75. The van der Waals surface area contributed by atoms with Gasteiger partial charge in [-0.15, -0.1) is 0 Å². The highest BCUT2D eigenvalue weighted by atomic mass is 19.1. The van der Waals surface area contributed by atoms with Gasteiger partial charge in [-0.05, 0) is 25.3 Å². The van der Waals surface area contributed by atoms with E-state index in [1.54, 1.807) is 35.4 Å². The molecular weight excluding hydrogens is 347 g/mol. The molecule has 0 radical (unpaired) electrons. The Hall–Kier alpha value is -2.74. The van der Waals surface area contributed by atoms with E-state index in [4.69, 9.17) is 0 Å². The van der Waals surface area contributed by atoms with Crippen molar-refractivity contribution in [2.24, 2.45) is 0 Å². The van der Waals surface area contributed by atoms with Gasteiger partial charge in [0, 0.05) is 30.9 Å². The number of alkyl halides is 1. The number of aromatic hydroxyl groups is 1. The largest absolute Gasteiger partial charge is 0.505 e. The highest BCUT2D eigenvalue weighted by Gasteiger charge is 2.43. The van der Waals surface area contributed by atoms with Crippen molar-refractivity contribution in [1.82, 2.24) is 24.7 Å². The van der Waals surface area contributed by atoms with Crippen molar-refractivity contribution in [3.8, 4) is 17.0 Å². The summed E-state index contributed by atoms with van der Waals surface area (Å²) >= 11 is 0. The number of nitrogens with one attached hydrogen (secondary N) is 1. The Morgan fingerprint density at radius 3 is 2.96 bits per heavy atom. The maximum absolute atomic E-state index is 14.8. The molecule has 2 unspecified atom stereocenters. The number of anilines is 1. The van der Waals surface area contributed by atoms with Crippen molar-refractivity contribution in [3.63, 3.8) is 0 Å². The topological polar surface area (TPSA) is 78.6 Å². The van der Waals surface area contributed by atoms with E-state index < -0.39 is 6.17 Å². The summed E-state index contributed by atoms with van der Waals surface area (Å²) in [5, 5.41) is 13.8. The molecule has 5 rings (SSSR count). The van der Waals surface area contributed by atoms with Gasteiger partial charge in [0.1, 0.15) is 17.5 Å². The van der Waals surface area contributed by atoms with Crippen molar-refractivity contribution in [2.75, 3.05) is 11.9 Å². The standard InChI is InChI=1S/C19H21FN6O/c1-25(15-6-11-2-3-13(24-11)18(15)20)17-9-22-14(7-23-17)12-4-5-26-10-21-8-16(26)19(12)27/h4-5,7-11,13,15,18,24,27H,2-3,6H2,1H3/t11?,13?,15-,18+/m0/s1. The second-order valence-corrected chi connectivity index (χ2v) is 7.43. The minimum atomic E-state index is -0.913. The van der Waals surface area contributed by atoms with Crippen LogP contribution in [0.25, 0.3) is 16.8 Å². The van der Waals surface area contributed by atoms with Gasteiger partial charge < -0.3 is 19.7 Å². The first kappa shape index (κ1) is 16.4. The van der Waals surface area contributed by atoms with E-state index in [9.17, 15) is 9.50 Å². The van der Waals surface area contributed by atoms with Gasteiger partial charge in [-0.25, -0.2) is 14.4 Å². The van der Waals surface area contributed by atoms with Crippen LogP contribution in [0.4, 0.5) is 10.2 Å². The lowest BCUT2D eigenvalue weighted by atomic mass is 9.96. The summed E-state index contributed by atoms with van der Waals surface area (Å²) in [6.07, 6.45) is 10.1. The Morgan fingerprint density at radius 2 is 2.15 bits per heavy atom. The summed E-state index contributed by atoms with van der Waals surface area (Å²) in [6, 6.07) is 1.92. The van der Waals surface area contributed by atoms with Crippen LogP contribution in [-0.4, -0.2) is 55.8 Å². The number of fused-ring (bicyclic) bond motifs is 3. The van der Waals surface area contributed by atoms with E-state index in [-0.39, 0.29) is 17.8 Å². The lowest BCUT2D eigenvalue weighted by Gasteiger charge is -2.38. The lowest BCUT2D eigenvalue weighted by Crippen LogP contribution is -2.55. The summed E-state index contributed by atoms with van der Waals surface area (Å²) < 4.78 is 16.5. The third kappa shape index (κ3) is 2.63. The first-order valence-corrected chi connectivity index (χ1v) is 9.21. The lowest BCUT2D eigenvalue weighted by molar-refractivity contribution is 0.176. The van der Waals surface area contributed by atoms with Crippen LogP contribution in [0, 0.1) is 0 Å². The first-order valence-electron chi connectivity index (χ1n) is 9.21. The molecule has 27 heavy (non-hydrogen) atoms. The second kappa shape index (κ2) is 6.16. The molecule has 8 heteroatoms. The number of hydrogen-bond donors (Lipinski definition) is 2. The molecule has 0 aromatic carbocycles. The quantitative estimate of drug-likeness (QED) is 0.738. The maximum Gasteiger partial charge on any atom is 0.150 e. The van der Waals surface area contributed by atoms with Crippen LogP contribution in [-0.2, 0) is 0 Å². The molecule has 3 aromatic rings. The first-order chi connectivity index (χ1) is 13.1. The molecule has 2 saturated heterocycles. The van der Waals surface area contributed by atoms with Crippen LogP contribution in [0.3, 0.4) is 0 Å². The summed E-state index contributed by atoms with van der Waals surface area (Å²) in [6.45, 7) is 0. The van der Waals surface area contributed by atoms with Gasteiger partial charge in [0.15, 0.2) is 5.75 Å². The number of halogens is 1. The molecule has 2 bridgehead atoms. The summed E-state index contributed by atoms with van der Waals surface area (Å²) in [5.41, 5.74) is 1.77. The van der Waals surface area contributed by atoms with Gasteiger partial charge in [0.2, 0.25) is 0 Å². The fraction of sp³-hybridized carbons (Fsp3) is 0.421. The van der Waals surface area contributed by atoms with Gasteiger partial charge in [-0.3, -0.25) is 4.98 Å². The van der Waals surface area contributed by atoms with Gasteiger partial charge in [0.05, 0.1) is 36.7 Å². The summed E-state index contributed by atoms with van der Waals surface area (Å²) in [5.74, 6) is 0.752. The van der Waals surface area contributed by atoms with E-state index in [1.165, 1.54) is 0 Å². The van der Waals surface area contributed by atoms with E-state index in [2.05, 4.69) is 20.3 Å². The summed E-state index contributed by atoms with van der Waals surface area (Å²) in [4.78, 5) is 14.9. The molecule has 0 amide bonds. The third-order valence-electron chi connectivity index (χ3n) is 5.89. The van der Waals surface area contributed by atoms with Crippen molar-refractivity contribution >= 4 is 11.3 Å². The van der Waals surface area contributed by atoms with E-state index in [1.807, 2.05) is 18.1 Å². The highest BCUT2D eigenvalue weighted by Crippen LogP contribution is 2.34. The average Bonchev–Trinajstić information content (AvgIpc) is 3.33. The molecule has 140 valence electrons. The van der Waals surface area contributed by atoms with Crippen molar-refractivity contribution < 1.29 is 9.50 Å². The van der Waals surface area contributed by atoms with Crippen LogP contribution in [0.1, 0.15) is 19.3 Å². The molecule has 2 N–H and O–H groups in total. The second-order valence-electron chi connectivity index (χ2n) is 7.43. The number of imidazole rings is 1. The number of hydrogen-bond acceptors (Lipinski definition) is 6. The third-order valence-corrected chi connectivity index (χ3v) is 5.89. The normalized spacial score (nSPS) is 27.2. The van der Waals surface area contributed by atoms with Crippen LogP contribution in [0.15, 0.2) is 37.2 Å². The van der Waals surface area contributed by atoms with Gasteiger partial charge >= 0.3 is 0 Å². The van der Waals surface area contributed by atoms with Crippen molar-refractivity contribution in [2.45, 2.75) is 43.6 Å². The predicted molar refractivity (Wildman–Crippen MR) is 99.5 cm³/mol. The van der Waals surface area contributed by atoms with Crippen molar-refractivity contribution in [3.05, 3.63) is 37.2 Å². The molecule has 2 fully saturated rings.